The molecular weight excluding hydrogens is 358 g/mol. The van der Waals surface area contributed by atoms with E-state index in [1.54, 1.807) is 0 Å². The normalized spacial score (nSPS) is 10.6. The number of aromatic nitrogens is 4. The summed E-state index contributed by atoms with van der Waals surface area (Å²) >= 11 is 3.47. The van der Waals surface area contributed by atoms with Crippen LogP contribution in [-0.4, -0.2) is 19.9 Å². The summed E-state index contributed by atoms with van der Waals surface area (Å²) in [5.74, 6) is 0.755. The molecule has 0 spiro atoms. The molecule has 110 valence electrons. The molecule has 0 aliphatic heterocycles. The maximum Gasteiger partial charge on any atom is 0.278 e. The highest BCUT2D eigenvalue weighted by molar-refractivity contribution is 9.10. The summed E-state index contributed by atoms with van der Waals surface area (Å²) in [6, 6.07) is 6.08. The topological polar surface area (TPSA) is 100 Å². The molecule has 0 radical (unpaired) electrons. The monoisotopic (exact) mass is 369 g/mol. The molecule has 0 bridgehead atoms. The number of nitrogens with zero attached hydrogens (tertiary/aromatic N) is 2. The number of hydrogen-bond donors (Lipinski definition) is 3. The second-order valence-corrected chi connectivity index (χ2v) is 5.45. The average Bonchev–Trinajstić information content (AvgIpc) is 2.76. The Morgan fingerprint density at radius 3 is 2.76 bits per heavy atom. The summed E-state index contributed by atoms with van der Waals surface area (Å²) in [7, 11) is 0. The van der Waals surface area contributed by atoms with Crippen LogP contribution in [0.15, 0.2) is 27.5 Å². The predicted molar refractivity (Wildman–Crippen MR) is 87.9 cm³/mol. The lowest BCUT2D eigenvalue weighted by Crippen LogP contribution is -2.10. The summed E-state index contributed by atoms with van der Waals surface area (Å²) in [4.78, 5) is 25.4. The van der Waals surface area contributed by atoms with Gasteiger partial charge in [0.05, 0.1) is 0 Å². The van der Waals surface area contributed by atoms with Gasteiger partial charge in [-0.2, -0.15) is 4.98 Å². The van der Waals surface area contributed by atoms with Crippen LogP contribution in [-0.2, 0) is 6.42 Å². The SMILES string of the molecule is Cc1cc(Cc2nc3nc(N)[nH]c(=O)c3[nH]2)ccc1Br.Cl. The van der Waals surface area contributed by atoms with E-state index >= 15 is 0 Å². The van der Waals surface area contributed by atoms with Gasteiger partial charge in [0, 0.05) is 10.9 Å². The second-order valence-electron chi connectivity index (χ2n) is 4.59. The van der Waals surface area contributed by atoms with Crippen LogP contribution in [0.25, 0.3) is 11.2 Å². The van der Waals surface area contributed by atoms with Gasteiger partial charge in [-0.05, 0) is 24.1 Å². The number of H-pyrrole nitrogens is 2. The van der Waals surface area contributed by atoms with Gasteiger partial charge in [0.2, 0.25) is 5.95 Å². The molecule has 2 heterocycles. The number of halogens is 2. The molecule has 3 aromatic rings. The fraction of sp³-hybridized carbons (Fsp3) is 0.154. The lowest BCUT2D eigenvalue weighted by molar-refractivity contribution is 1.03. The second kappa shape index (κ2) is 5.87. The molecule has 6 nitrogen and oxygen atoms in total. The number of aryl methyl sites for hydroxylation is 1. The average molecular weight is 371 g/mol. The number of nitrogen functional groups attached to an aromatic ring is 1. The minimum atomic E-state index is -0.307. The molecule has 1 aromatic carbocycles. The summed E-state index contributed by atoms with van der Waals surface area (Å²) in [5.41, 5.74) is 8.14. The van der Waals surface area contributed by atoms with Crippen molar-refractivity contribution >= 4 is 45.4 Å². The van der Waals surface area contributed by atoms with E-state index in [9.17, 15) is 4.79 Å². The Hall–Kier alpha value is -1.86. The van der Waals surface area contributed by atoms with Crippen molar-refractivity contribution in [1.29, 1.82) is 0 Å². The minimum absolute atomic E-state index is 0. The highest BCUT2D eigenvalue weighted by atomic mass is 79.9. The third kappa shape index (κ3) is 3.08. The Morgan fingerprint density at radius 1 is 1.29 bits per heavy atom. The fourth-order valence-corrected chi connectivity index (χ4v) is 2.31. The molecule has 2 aromatic heterocycles. The predicted octanol–water partition coefficient (Wildman–Crippen LogP) is 2.31. The first-order valence-corrected chi connectivity index (χ1v) is 6.81. The Kier molecular flexibility index (Phi) is 4.34. The number of hydrogen-bond acceptors (Lipinski definition) is 4. The quantitative estimate of drug-likeness (QED) is 0.644. The molecule has 21 heavy (non-hydrogen) atoms. The number of rotatable bonds is 2. The van der Waals surface area contributed by atoms with Crippen LogP contribution in [0, 0.1) is 6.92 Å². The molecule has 0 aliphatic rings. The largest absolute Gasteiger partial charge is 0.369 e. The number of nitrogens with one attached hydrogen (secondary N) is 2. The van der Waals surface area contributed by atoms with Crippen molar-refractivity contribution in [2.45, 2.75) is 13.3 Å². The number of anilines is 1. The van der Waals surface area contributed by atoms with Crippen molar-refractivity contribution in [3.63, 3.8) is 0 Å². The highest BCUT2D eigenvalue weighted by Crippen LogP contribution is 2.19. The van der Waals surface area contributed by atoms with Gasteiger partial charge < -0.3 is 10.7 Å². The molecule has 8 heteroatoms. The third-order valence-electron chi connectivity index (χ3n) is 3.02. The van der Waals surface area contributed by atoms with Crippen LogP contribution >= 0.6 is 28.3 Å². The number of imidazole rings is 1. The van der Waals surface area contributed by atoms with E-state index < -0.39 is 0 Å². The zero-order chi connectivity index (χ0) is 14.3. The lowest BCUT2D eigenvalue weighted by atomic mass is 10.1. The van der Waals surface area contributed by atoms with E-state index in [4.69, 9.17) is 5.73 Å². The van der Waals surface area contributed by atoms with Crippen LogP contribution in [0.3, 0.4) is 0 Å². The van der Waals surface area contributed by atoms with Crippen LogP contribution in [0.5, 0.6) is 0 Å². The minimum Gasteiger partial charge on any atom is -0.369 e. The first kappa shape index (κ1) is 15.5. The molecule has 0 unspecified atom stereocenters. The molecular formula is C13H13BrClN5O. The molecule has 0 fully saturated rings. The lowest BCUT2D eigenvalue weighted by Gasteiger charge is -2.02. The summed E-state index contributed by atoms with van der Waals surface area (Å²) < 4.78 is 1.07. The first-order chi connectivity index (χ1) is 9.52. The van der Waals surface area contributed by atoms with E-state index in [-0.39, 0.29) is 23.9 Å². The van der Waals surface area contributed by atoms with Gasteiger partial charge in [0.15, 0.2) is 11.2 Å². The van der Waals surface area contributed by atoms with Gasteiger partial charge in [-0.1, -0.05) is 28.1 Å². The summed E-state index contributed by atoms with van der Waals surface area (Å²) in [6.07, 6.45) is 0.601. The van der Waals surface area contributed by atoms with Gasteiger partial charge in [-0.3, -0.25) is 9.78 Å². The number of benzene rings is 1. The van der Waals surface area contributed by atoms with Crippen molar-refractivity contribution in [2.75, 3.05) is 5.73 Å². The molecule has 3 rings (SSSR count). The zero-order valence-electron chi connectivity index (χ0n) is 11.1. The molecule has 4 N–H and O–H groups in total. The highest BCUT2D eigenvalue weighted by Gasteiger charge is 2.09. The van der Waals surface area contributed by atoms with Gasteiger partial charge in [0.25, 0.3) is 5.56 Å². The van der Waals surface area contributed by atoms with E-state index in [0.717, 1.165) is 15.6 Å². The Labute approximate surface area is 134 Å². The van der Waals surface area contributed by atoms with Gasteiger partial charge in [0.1, 0.15) is 5.82 Å². The van der Waals surface area contributed by atoms with Crippen molar-refractivity contribution in [2.24, 2.45) is 0 Å². The third-order valence-corrected chi connectivity index (χ3v) is 3.91. The Morgan fingerprint density at radius 2 is 2.05 bits per heavy atom. The number of nitrogens with two attached hydrogens (primary N) is 1. The molecule has 0 atom stereocenters. The maximum absolute atomic E-state index is 11.7. The van der Waals surface area contributed by atoms with Crippen LogP contribution < -0.4 is 11.3 Å². The Bertz CT molecular complexity index is 857. The van der Waals surface area contributed by atoms with Crippen LogP contribution in [0.1, 0.15) is 17.0 Å². The first-order valence-electron chi connectivity index (χ1n) is 6.02. The van der Waals surface area contributed by atoms with E-state index in [0.29, 0.717) is 23.4 Å². The van der Waals surface area contributed by atoms with Crippen molar-refractivity contribution in [3.05, 3.63) is 50.0 Å². The molecule has 0 saturated heterocycles. The standard InChI is InChI=1S/C13H12BrN5O.ClH/c1-6-4-7(2-3-8(6)14)5-9-16-10-11(17-9)18-13(15)19-12(10)20;/h2-4H,5H2,1H3,(H4,15,16,17,18,19,20);1H. The van der Waals surface area contributed by atoms with E-state index in [1.165, 1.54) is 0 Å². The van der Waals surface area contributed by atoms with Gasteiger partial charge in [-0.15, -0.1) is 12.4 Å². The number of aromatic amines is 2. The van der Waals surface area contributed by atoms with Crippen LogP contribution in [0.4, 0.5) is 5.95 Å². The van der Waals surface area contributed by atoms with Crippen molar-refractivity contribution < 1.29 is 0 Å². The smallest absolute Gasteiger partial charge is 0.278 e. The number of fused-ring (bicyclic) bond motifs is 1. The zero-order valence-corrected chi connectivity index (χ0v) is 13.5. The van der Waals surface area contributed by atoms with Crippen molar-refractivity contribution in [1.82, 2.24) is 19.9 Å². The van der Waals surface area contributed by atoms with Crippen LogP contribution in [0.2, 0.25) is 0 Å². The summed E-state index contributed by atoms with van der Waals surface area (Å²) in [5, 5.41) is 0. The van der Waals surface area contributed by atoms with Gasteiger partial charge in [-0.25, -0.2) is 4.98 Å². The van der Waals surface area contributed by atoms with Gasteiger partial charge >= 0.3 is 0 Å². The molecule has 0 amide bonds. The fourth-order valence-electron chi connectivity index (χ4n) is 2.07. The van der Waals surface area contributed by atoms with E-state index in [2.05, 4.69) is 41.9 Å². The summed E-state index contributed by atoms with van der Waals surface area (Å²) in [6.45, 7) is 2.03. The maximum atomic E-state index is 11.7. The van der Waals surface area contributed by atoms with E-state index in [1.807, 2.05) is 19.1 Å². The molecule has 0 aliphatic carbocycles. The Balaban J connectivity index is 0.00000161. The molecule has 0 saturated carbocycles. The van der Waals surface area contributed by atoms with Crippen molar-refractivity contribution in [3.8, 4) is 0 Å².